The Morgan fingerprint density at radius 2 is 1.07 bits per heavy atom. The van der Waals surface area contributed by atoms with E-state index >= 15 is 0 Å². The van der Waals surface area contributed by atoms with Crippen molar-refractivity contribution >= 4 is 0 Å². The van der Waals surface area contributed by atoms with Gasteiger partial charge in [-0.3, -0.25) is 9.97 Å². The summed E-state index contributed by atoms with van der Waals surface area (Å²) >= 11 is 0. The molecule has 30 heavy (non-hydrogen) atoms. The summed E-state index contributed by atoms with van der Waals surface area (Å²) in [5.74, 6) is -3.17. The van der Waals surface area contributed by atoms with Gasteiger partial charge in [-0.05, 0) is 24.3 Å². The SMILES string of the molecule is Fc1cnc(-c2cccc(Cc3cccc(-c4ncc(F)cc4F)n3)n2)c(F)c1.[Pt]. The van der Waals surface area contributed by atoms with Crippen LogP contribution in [-0.2, 0) is 27.5 Å². The van der Waals surface area contributed by atoms with E-state index in [1.54, 1.807) is 36.4 Å². The van der Waals surface area contributed by atoms with E-state index in [2.05, 4.69) is 19.9 Å². The molecule has 0 saturated heterocycles. The Hall–Kier alpha value is -2.99. The summed E-state index contributed by atoms with van der Waals surface area (Å²) in [5, 5.41) is 0. The summed E-state index contributed by atoms with van der Waals surface area (Å²) in [4.78, 5) is 16.2. The topological polar surface area (TPSA) is 51.6 Å². The molecular formula is C21H12F4N4Pt. The molecule has 0 bridgehead atoms. The zero-order valence-electron chi connectivity index (χ0n) is 15.1. The van der Waals surface area contributed by atoms with Crippen molar-refractivity contribution in [1.82, 2.24) is 19.9 Å². The second-order valence-corrected chi connectivity index (χ2v) is 6.17. The first-order chi connectivity index (χ1) is 14.0. The summed E-state index contributed by atoms with van der Waals surface area (Å²) in [6.07, 6.45) is 2.11. The molecule has 4 nitrogen and oxygen atoms in total. The van der Waals surface area contributed by atoms with Gasteiger partial charge in [-0.15, -0.1) is 0 Å². The first-order valence-corrected chi connectivity index (χ1v) is 8.54. The maximum absolute atomic E-state index is 14.0. The predicted octanol–water partition coefficient (Wildman–Crippen LogP) is 4.75. The summed E-state index contributed by atoms with van der Waals surface area (Å²) in [7, 11) is 0. The van der Waals surface area contributed by atoms with Crippen molar-refractivity contribution in [3.8, 4) is 22.8 Å². The Bertz CT molecular complexity index is 1110. The van der Waals surface area contributed by atoms with Gasteiger partial charge in [0.1, 0.15) is 23.0 Å². The van der Waals surface area contributed by atoms with E-state index in [4.69, 9.17) is 0 Å². The van der Waals surface area contributed by atoms with E-state index < -0.39 is 23.3 Å². The van der Waals surface area contributed by atoms with Gasteiger partial charge in [0, 0.05) is 51.0 Å². The Balaban J connectivity index is 0.00000256. The molecular weight excluding hydrogens is 579 g/mol. The van der Waals surface area contributed by atoms with Crippen LogP contribution >= 0.6 is 0 Å². The van der Waals surface area contributed by atoms with Gasteiger partial charge in [0.05, 0.1) is 23.8 Å². The molecule has 4 rings (SSSR count). The number of hydrogen-bond acceptors (Lipinski definition) is 4. The van der Waals surface area contributed by atoms with Gasteiger partial charge in [-0.1, -0.05) is 12.1 Å². The third-order valence-electron chi connectivity index (χ3n) is 4.08. The van der Waals surface area contributed by atoms with Crippen molar-refractivity contribution < 1.29 is 38.6 Å². The molecule has 0 amide bonds. The second-order valence-electron chi connectivity index (χ2n) is 6.17. The molecule has 0 atom stereocenters. The minimum absolute atomic E-state index is 0. The molecule has 0 N–H and O–H groups in total. The largest absolute Gasteiger partial charge is 0.251 e. The van der Waals surface area contributed by atoms with Crippen LogP contribution in [-0.4, -0.2) is 19.9 Å². The van der Waals surface area contributed by atoms with Gasteiger partial charge < -0.3 is 0 Å². The van der Waals surface area contributed by atoms with Gasteiger partial charge in [-0.25, -0.2) is 27.5 Å². The molecule has 0 aliphatic carbocycles. The average molecular weight is 591 g/mol. The van der Waals surface area contributed by atoms with Crippen LogP contribution in [0.4, 0.5) is 17.6 Å². The van der Waals surface area contributed by atoms with Crippen LogP contribution in [0.5, 0.6) is 0 Å². The van der Waals surface area contributed by atoms with Crippen LogP contribution in [0.15, 0.2) is 60.9 Å². The summed E-state index contributed by atoms with van der Waals surface area (Å²) in [6, 6.07) is 11.4. The predicted molar refractivity (Wildman–Crippen MR) is 97.6 cm³/mol. The molecule has 0 aliphatic heterocycles. The number of aromatic nitrogens is 4. The van der Waals surface area contributed by atoms with Gasteiger partial charge in [0.25, 0.3) is 0 Å². The quantitative estimate of drug-likeness (QED) is 0.322. The van der Waals surface area contributed by atoms with E-state index in [1.165, 1.54) is 0 Å². The molecule has 0 radical (unpaired) electrons. The fraction of sp³-hybridized carbons (Fsp3) is 0.0476. The van der Waals surface area contributed by atoms with Crippen LogP contribution in [0.1, 0.15) is 11.4 Å². The summed E-state index contributed by atoms with van der Waals surface area (Å²) in [6.45, 7) is 0. The van der Waals surface area contributed by atoms with Crippen LogP contribution in [0.3, 0.4) is 0 Å². The first-order valence-electron chi connectivity index (χ1n) is 8.54. The van der Waals surface area contributed by atoms with Crippen molar-refractivity contribution in [3.63, 3.8) is 0 Å². The van der Waals surface area contributed by atoms with Crippen molar-refractivity contribution in [2.24, 2.45) is 0 Å². The Labute approximate surface area is 183 Å². The molecule has 4 aromatic rings. The zero-order valence-corrected chi connectivity index (χ0v) is 17.4. The van der Waals surface area contributed by atoms with Gasteiger partial charge in [0.2, 0.25) is 0 Å². The van der Waals surface area contributed by atoms with Gasteiger partial charge >= 0.3 is 0 Å². The average Bonchev–Trinajstić information content (AvgIpc) is 2.68. The van der Waals surface area contributed by atoms with E-state index in [-0.39, 0.29) is 50.3 Å². The molecule has 0 aromatic carbocycles. The van der Waals surface area contributed by atoms with Crippen LogP contribution in [0.25, 0.3) is 22.8 Å². The molecule has 0 unspecified atom stereocenters. The molecule has 0 aliphatic rings. The molecule has 4 aromatic heterocycles. The number of hydrogen-bond donors (Lipinski definition) is 0. The minimum Gasteiger partial charge on any atom is -0.251 e. The standard InChI is InChI=1S/C21H12F4N4.Pt/c22-12-7-16(24)20(26-10-12)18-5-1-3-14(28-18)9-15-4-2-6-19(29-15)21-17(25)8-13(23)11-27-21;/h1-8,10-11H,9H2;. The normalized spacial score (nSPS) is 10.5. The van der Waals surface area contributed by atoms with Crippen LogP contribution in [0, 0.1) is 23.3 Å². The number of nitrogens with zero attached hydrogens (tertiary/aromatic N) is 4. The molecule has 9 heteroatoms. The fourth-order valence-electron chi connectivity index (χ4n) is 2.81. The molecule has 0 spiro atoms. The van der Waals surface area contributed by atoms with Gasteiger partial charge in [0.15, 0.2) is 11.6 Å². The van der Waals surface area contributed by atoms with Gasteiger partial charge in [-0.2, -0.15) is 0 Å². The van der Waals surface area contributed by atoms with E-state index in [1.807, 2.05) is 0 Å². The van der Waals surface area contributed by atoms with Crippen LogP contribution < -0.4 is 0 Å². The van der Waals surface area contributed by atoms with Crippen molar-refractivity contribution in [3.05, 3.63) is 95.6 Å². The molecule has 0 saturated carbocycles. The van der Waals surface area contributed by atoms with Crippen LogP contribution in [0.2, 0.25) is 0 Å². The maximum atomic E-state index is 14.0. The second kappa shape index (κ2) is 9.22. The smallest absolute Gasteiger partial charge is 0.153 e. The zero-order chi connectivity index (χ0) is 20.4. The minimum atomic E-state index is -0.812. The Morgan fingerprint density at radius 1 is 0.633 bits per heavy atom. The van der Waals surface area contributed by atoms with Crippen molar-refractivity contribution in [1.29, 1.82) is 0 Å². The number of rotatable bonds is 4. The number of pyridine rings is 4. The summed E-state index contributed by atoms with van der Waals surface area (Å²) in [5.41, 5.74) is 1.50. The maximum Gasteiger partial charge on any atom is 0.153 e. The molecule has 154 valence electrons. The Kier molecular flexibility index (Phi) is 6.67. The van der Waals surface area contributed by atoms with E-state index in [0.717, 1.165) is 24.5 Å². The number of halogens is 4. The van der Waals surface area contributed by atoms with E-state index in [0.29, 0.717) is 11.4 Å². The molecule has 0 fully saturated rings. The Morgan fingerprint density at radius 3 is 1.47 bits per heavy atom. The first kappa shape index (κ1) is 21.7. The third-order valence-corrected chi connectivity index (χ3v) is 4.08. The third kappa shape index (κ3) is 4.76. The summed E-state index contributed by atoms with van der Waals surface area (Å²) < 4.78 is 54.1. The van der Waals surface area contributed by atoms with E-state index in [9.17, 15) is 17.6 Å². The van der Waals surface area contributed by atoms with Crippen molar-refractivity contribution in [2.45, 2.75) is 6.42 Å². The molecule has 4 heterocycles. The van der Waals surface area contributed by atoms with Crippen molar-refractivity contribution in [2.75, 3.05) is 0 Å². The monoisotopic (exact) mass is 591 g/mol. The fourth-order valence-corrected chi connectivity index (χ4v) is 2.81.